The van der Waals surface area contributed by atoms with Crippen molar-refractivity contribution >= 4 is 5.91 Å². The highest BCUT2D eigenvalue weighted by Gasteiger charge is 2.44. The summed E-state index contributed by atoms with van der Waals surface area (Å²) in [4.78, 5) is 34.0. The van der Waals surface area contributed by atoms with Crippen molar-refractivity contribution in [2.75, 3.05) is 20.3 Å². The van der Waals surface area contributed by atoms with Crippen molar-refractivity contribution in [2.24, 2.45) is 10.4 Å². The van der Waals surface area contributed by atoms with Crippen LogP contribution in [0.5, 0.6) is 0 Å². The molecular formula is C9H15N3O5. The summed E-state index contributed by atoms with van der Waals surface area (Å²) in [5, 5.41) is 14.6. The third-order valence-corrected chi connectivity index (χ3v) is 3.02. The summed E-state index contributed by atoms with van der Waals surface area (Å²) in [5.74, 6) is -0.264. The van der Waals surface area contributed by atoms with E-state index < -0.39 is 30.8 Å². The van der Waals surface area contributed by atoms with E-state index in [0.717, 1.165) is 0 Å². The predicted molar refractivity (Wildman–Crippen MR) is 58.2 cm³/mol. The lowest BCUT2D eigenvalue weighted by Crippen LogP contribution is -2.58. The molecule has 0 saturated carbocycles. The Bertz CT molecular complexity index is 311. The average Bonchev–Trinajstić information content (AvgIpc) is 2.35. The minimum Gasteiger partial charge on any atom is -0.394 e. The third-order valence-electron chi connectivity index (χ3n) is 3.02. The lowest BCUT2D eigenvalue weighted by molar-refractivity contribution is -0.136. The van der Waals surface area contributed by atoms with E-state index in [4.69, 9.17) is 9.84 Å². The monoisotopic (exact) mass is 245 g/mol. The number of aliphatic hydroxyl groups is 1. The van der Waals surface area contributed by atoms with Crippen molar-refractivity contribution in [2.45, 2.75) is 31.2 Å². The molecule has 0 unspecified atom stereocenters. The van der Waals surface area contributed by atoms with Crippen molar-refractivity contribution in [3.8, 4) is 0 Å². The lowest BCUT2D eigenvalue weighted by Gasteiger charge is -2.39. The first-order chi connectivity index (χ1) is 8.06. The Morgan fingerprint density at radius 2 is 2.00 bits per heavy atom. The molecule has 1 fully saturated rings. The molecule has 1 amide bonds. The summed E-state index contributed by atoms with van der Waals surface area (Å²) in [6, 6.07) is -2.69. The fourth-order valence-corrected chi connectivity index (χ4v) is 1.86. The van der Waals surface area contributed by atoms with E-state index in [2.05, 4.69) is 10.4 Å². The van der Waals surface area contributed by atoms with Crippen LogP contribution in [0.3, 0.4) is 0 Å². The van der Waals surface area contributed by atoms with E-state index in [0.29, 0.717) is 0 Å². The number of nitrogens with zero attached hydrogens (tertiary/aromatic N) is 3. The highest BCUT2D eigenvalue weighted by atomic mass is 16.5. The van der Waals surface area contributed by atoms with Gasteiger partial charge in [-0.15, -0.1) is 0 Å². The number of carbonyl (C=O) groups excluding carboxylic acids is 1. The van der Waals surface area contributed by atoms with Crippen molar-refractivity contribution in [3.05, 3.63) is 9.81 Å². The number of rotatable bonds is 4. The minimum absolute atomic E-state index is 0.0454. The molecule has 4 atom stereocenters. The summed E-state index contributed by atoms with van der Waals surface area (Å²) in [5.41, 5.74) is 0. The van der Waals surface area contributed by atoms with Gasteiger partial charge in [-0.1, -0.05) is 10.4 Å². The number of nitroso groups, excluding NO2 is 2. The number of ether oxygens (including phenoxy) is 1. The average molecular weight is 245 g/mol. The molecule has 0 aromatic carbocycles. The summed E-state index contributed by atoms with van der Waals surface area (Å²) < 4.78 is 5.21. The van der Waals surface area contributed by atoms with Gasteiger partial charge in [-0.25, -0.2) is 0 Å². The molecule has 96 valence electrons. The molecule has 1 rings (SSSR count). The highest BCUT2D eigenvalue weighted by molar-refractivity contribution is 5.73. The van der Waals surface area contributed by atoms with Gasteiger partial charge in [0.1, 0.15) is 18.2 Å². The Morgan fingerprint density at radius 1 is 1.41 bits per heavy atom. The van der Waals surface area contributed by atoms with Gasteiger partial charge in [0, 0.05) is 14.0 Å². The zero-order chi connectivity index (χ0) is 13.0. The van der Waals surface area contributed by atoms with Gasteiger partial charge in [-0.3, -0.25) is 4.79 Å². The molecule has 0 spiro atoms. The van der Waals surface area contributed by atoms with Crippen LogP contribution in [-0.2, 0) is 9.53 Å². The summed E-state index contributed by atoms with van der Waals surface area (Å²) in [6.45, 7) is 0.964. The topological polar surface area (TPSA) is 109 Å². The van der Waals surface area contributed by atoms with Crippen LogP contribution in [0.25, 0.3) is 0 Å². The smallest absolute Gasteiger partial charge is 0.219 e. The molecule has 0 aromatic heterocycles. The number of amides is 1. The van der Waals surface area contributed by atoms with Gasteiger partial charge in [0.2, 0.25) is 5.91 Å². The van der Waals surface area contributed by atoms with Gasteiger partial charge >= 0.3 is 0 Å². The molecule has 1 heterocycles. The Morgan fingerprint density at radius 3 is 2.41 bits per heavy atom. The molecule has 0 aliphatic carbocycles. The molecule has 0 aromatic rings. The van der Waals surface area contributed by atoms with Crippen molar-refractivity contribution in [1.29, 1.82) is 0 Å². The Balaban J connectivity index is 2.91. The SMILES string of the molecule is CC(=O)N(C)[C@H]1CO[C@H](CO)[C@H](N=O)[C@@H]1N=O. The largest absolute Gasteiger partial charge is 0.394 e. The third kappa shape index (κ3) is 2.64. The summed E-state index contributed by atoms with van der Waals surface area (Å²) in [7, 11) is 1.50. The molecule has 8 nitrogen and oxygen atoms in total. The maximum absolute atomic E-state index is 11.2. The van der Waals surface area contributed by atoms with Crippen LogP contribution >= 0.6 is 0 Å². The van der Waals surface area contributed by atoms with Crippen LogP contribution in [0, 0.1) is 9.81 Å². The molecule has 8 heteroatoms. The van der Waals surface area contributed by atoms with Gasteiger partial charge in [0.05, 0.1) is 19.3 Å². The van der Waals surface area contributed by atoms with E-state index in [1.807, 2.05) is 0 Å². The number of hydrogen-bond donors (Lipinski definition) is 1. The number of hydrogen-bond acceptors (Lipinski definition) is 7. The molecule has 1 aliphatic heterocycles. The fourth-order valence-electron chi connectivity index (χ4n) is 1.86. The van der Waals surface area contributed by atoms with E-state index in [1.165, 1.54) is 18.9 Å². The molecule has 0 bridgehead atoms. The molecule has 1 saturated heterocycles. The Kier molecular flexibility index (Phi) is 4.64. The second kappa shape index (κ2) is 5.78. The van der Waals surface area contributed by atoms with Crippen LogP contribution in [-0.4, -0.2) is 60.4 Å². The molecule has 17 heavy (non-hydrogen) atoms. The molecule has 1 aliphatic rings. The summed E-state index contributed by atoms with van der Waals surface area (Å²) in [6.07, 6.45) is -0.841. The Labute approximate surface area is 97.9 Å². The quantitative estimate of drug-likeness (QED) is 0.671. The van der Waals surface area contributed by atoms with Gasteiger partial charge in [-0.2, -0.15) is 9.81 Å². The first-order valence-electron chi connectivity index (χ1n) is 5.17. The zero-order valence-corrected chi connectivity index (χ0v) is 9.65. The second-order valence-electron chi connectivity index (χ2n) is 3.94. The van der Waals surface area contributed by atoms with Crippen LogP contribution in [0.2, 0.25) is 0 Å². The first kappa shape index (κ1) is 13.7. The molecular weight excluding hydrogens is 230 g/mol. The van der Waals surface area contributed by atoms with E-state index in [1.54, 1.807) is 0 Å². The number of likely N-dealkylation sites (N-methyl/N-ethyl adjacent to an activating group) is 1. The first-order valence-corrected chi connectivity index (χ1v) is 5.17. The molecule has 0 radical (unpaired) electrons. The van der Waals surface area contributed by atoms with Crippen LogP contribution in [0.4, 0.5) is 0 Å². The van der Waals surface area contributed by atoms with Gasteiger partial charge in [-0.05, 0) is 0 Å². The standard InChI is InChI=1S/C9H15N3O5/c1-5(14)12(2)6-4-17-7(3-13)9(11-16)8(6)10-15/h6-9,13H,3-4H2,1-2H3/t6-,7+,8+,9-/m0/s1. The van der Waals surface area contributed by atoms with E-state index >= 15 is 0 Å². The van der Waals surface area contributed by atoms with Crippen LogP contribution in [0.1, 0.15) is 6.92 Å². The van der Waals surface area contributed by atoms with Crippen LogP contribution < -0.4 is 0 Å². The lowest BCUT2D eigenvalue weighted by atomic mass is 9.93. The number of aliphatic hydroxyl groups excluding tert-OH is 1. The van der Waals surface area contributed by atoms with Gasteiger partial charge in [0.15, 0.2) is 0 Å². The van der Waals surface area contributed by atoms with Crippen molar-refractivity contribution < 1.29 is 14.6 Å². The number of carbonyl (C=O) groups is 1. The van der Waals surface area contributed by atoms with Crippen molar-refractivity contribution in [3.63, 3.8) is 0 Å². The minimum atomic E-state index is -1.07. The fraction of sp³-hybridized carbons (Fsp3) is 0.889. The maximum Gasteiger partial charge on any atom is 0.219 e. The van der Waals surface area contributed by atoms with Crippen molar-refractivity contribution in [1.82, 2.24) is 4.90 Å². The zero-order valence-electron chi connectivity index (χ0n) is 9.65. The highest BCUT2D eigenvalue weighted by Crippen LogP contribution is 2.24. The normalized spacial score (nSPS) is 32.9. The second-order valence-corrected chi connectivity index (χ2v) is 3.94. The molecule has 1 N–H and O–H groups in total. The van der Waals surface area contributed by atoms with Crippen LogP contribution in [0.15, 0.2) is 10.4 Å². The van der Waals surface area contributed by atoms with Gasteiger partial charge in [0.25, 0.3) is 0 Å². The predicted octanol–water partition coefficient (Wildman–Crippen LogP) is -0.506. The van der Waals surface area contributed by atoms with Gasteiger partial charge < -0.3 is 14.7 Å². The van der Waals surface area contributed by atoms with E-state index in [-0.39, 0.29) is 12.5 Å². The van der Waals surface area contributed by atoms with E-state index in [9.17, 15) is 14.6 Å². The Hall–Kier alpha value is -1.41. The summed E-state index contributed by atoms with van der Waals surface area (Å²) >= 11 is 0. The maximum atomic E-state index is 11.2.